The average Bonchev–Trinajstić information content (AvgIpc) is 3.07. The highest BCUT2D eigenvalue weighted by atomic mass is 19.1. The molecule has 0 aliphatic carbocycles. The van der Waals surface area contributed by atoms with Crippen LogP contribution >= 0.6 is 0 Å². The van der Waals surface area contributed by atoms with Crippen LogP contribution in [0.4, 0.5) is 15.8 Å². The minimum atomic E-state index is -0.255. The highest BCUT2D eigenvalue weighted by Gasteiger charge is 2.21. The summed E-state index contributed by atoms with van der Waals surface area (Å²) in [4.78, 5) is 29.8. The quantitative estimate of drug-likeness (QED) is 0.649. The Morgan fingerprint density at radius 1 is 0.844 bits per heavy atom. The maximum atomic E-state index is 13.2. The predicted molar refractivity (Wildman–Crippen MR) is 125 cm³/mol. The molecule has 0 aromatic heterocycles. The molecule has 1 fully saturated rings. The number of hydrogen-bond donors (Lipinski definition) is 1. The van der Waals surface area contributed by atoms with Crippen molar-refractivity contribution in [3.8, 4) is 0 Å². The van der Waals surface area contributed by atoms with Crippen molar-refractivity contribution in [3.05, 3.63) is 95.3 Å². The summed E-state index contributed by atoms with van der Waals surface area (Å²) in [6.07, 6.45) is 0.826. The Labute approximate surface area is 187 Å². The molecule has 5 nitrogen and oxygen atoms in total. The van der Waals surface area contributed by atoms with E-state index in [-0.39, 0.29) is 17.6 Å². The molecule has 1 heterocycles. The molecule has 0 unspecified atom stereocenters. The second kappa shape index (κ2) is 9.64. The third-order valence-electron chi connectivity index (χ3n) is 5.74. The molecule has 2 amide bonds. The Bertz CT molecular complexity index is 1100. The first-order valence-corrected chi connectivity index (χ1v) is 10.8. The number of amides is 2. The van der Waals surface area contributed by atoms with Gasteiger partial charge in [0, 0.05) is 48.7 Å². The van der Waals surface area contributed by atoms with Crippen LogP contribution in [0.15, 0.2) is 72.8 Å². The largest absolute Gasteiger partial charge is 0.370 e. The summed E-state index contributed by atoms with van der Waals surface area (Å²) in [5, 5.41) is 2.92. The van der Waals surface area contributed by atoms with Crippen molar-refractivity contribution in [2.45, 2.75) is 13.3 Å². The number of hydrogen-bond acceptors (Lipinski definition) is 3. The van der Waals surface area contributed by atoms with Crippen LogP contribution in [0.1, 0.15) is 32.7 Å². The summed E-state index contributed by atoms with van der Waals surface area (Å²) in [7, 11) is 0. The molecule has 164 valence electrons. The molecule has 3 aromatic rings. The fourth-order valence-corrected chi connectivity index (χ4v) is 3.89. The highest BCUT2D eigenvalue weighted by molar-refractivity contribution is 6.05. The van der Waals surface area contributed by atoms with E-state index in [0.29, 0.717) is 36.4 Å². The van der Waals surface area contributed by atoms with E-state index in [0.717, 1.165) is 24.2 Å². The van der Waals surface area contributed by atoms with Gasteiger partial charge >= 0.3 is 0 Å². The van der Waals surface area contributed by atoms with Crippen molar-refractivity contribution in [1.29, 1.82) is 0 Å². The number of nitrogens with one attached hydrogen (secondary N) is 1. The number of halogens is 1. The van der Waals surface area contributed by atoms with Crippen LogP contribution in [-0.2, 0) is 0 Å². The van der Waals surface area contributed by atoms with Gasteiger partial charge in [-0.1, -0.05) is 24.3 Å². The fraction of sp³-hybridized carbons (Fsp3) is 0.231. The number of aryl methyl sites for hydroxylation is 1. The van der Waals surface area contributed by atoms with Gasteiger partial charge in [0.1, 0.15) is 5.82 Å². The van der Waals surface area contributed by atoms with Gasteiger partial charge < -0.3 is 15.1 Å². The van der Waals surface area contributed by atoms with Gasteiger partial charge in [0.2, 0.25) is 0 Å². The first-order valence-electron chi connectivity index (χ1n) is 10.8. The summed E-state index contributed by atoms with van der Waals surface area (Å²) >= 11 is 0. The molecule has 6 heteroatoms. The lowest BCUT2D eigenvalue weighted by atomic mass is 10.1. The maximum Gasteiger partial charge on any atom is 0.255 e. The molecule has 0 spiro atoms. The fourth-order valence-electron chi connectivity index (χ4n) is 3.89. The van der Waals surface area contributed by atoms with Crippen LogP contribution in [0.2, 0.25) is 0 Å². The van der Waals surface area contributed by atoms with E-state index in [1.165, 1.54) is 12.1 Å². The van der Waals surface area contributed by atoms with Gasteiger partial charge in [-0.2, -0.15) is 0 Å². The lowest BCUT2D eigenvalue weighted by Gasteiger charge is -2.24. The molecule has 1 saturated heterocycles. The van der Waals surface area contributed by atoms with E-state index in [1.807, 2.05) is 36.1 Å². The van der Waals surface area contributed by atoms with Crippen molar-refractivity contribution < 1.29 is 14.0 Å². The first-order chi connectivity index (χ1) is 15.5. The minimum Gasteiger partial charge on any atom is -0.370 e. The number of carbonyl (C=O) groups is 2. The first kappa shape index (κ1) is 21.6. The molecule has 0 radical (unpaired) electrons. The average molecular weight is 432 g/mol. The van der Waals surface area contributed by atoms with E-state index in [1.54, 1.807) is 36.4 Å². The second-order valence-corrected chi connectivity index (χ2v) is 7.96. The van der Waals surface area contributed by atoms with E-state index < -0.39 is 0 Å². The maximum absolute atomic E-state index is 13.2. The molecule has 1 aliphatic rings. The third-order valence-corrected chi connectivity index (χ3v) is 5.74. The van der Waals surface area contributed by atoms with Crippen LogP contribution in [0, 0.1) is 12.7 Å². The molecule has 3 aromatic carbocycles. The van der Waals surface area contributed by atoms with E-state index in [4.69, 9.17) is 0 Å². The number of carbonyl (C=O) groups excluding carboxylic acids is 2. The van der Waals surface area contributed by atoms with E-state index in [2.05, 4.69) is 10.2 Å². The van der Waals surface area contributed by atoms with Crippen LogP contribution in [0.3, 0.4) is 0 Å². The van der Waals surface area contributed by atoms with Crippen LogP contribution in [0.5, 0.6) is 0 Å². The van der Waals surface area contributed by atoms with Gasteiger partial charge in [-0.25, -0.2) is 4.39 Å². The summed E-state index contributed by atoms with van der Waals surface area (Å²) in [6.45, 7) is 4.62. The van der Waals surface area contributed by atoms with Gasteiger partial charge in [0.15, 0.2) is 0 Å². The van der Waals surface area contributed by atoms with E-state index >= 15 is 0 Å². The number of rotatable bonds is 4. The topological polar surface area (TPSA) is 52.7 Å². The molecule has 4 rings (SSSR count). The van der Waals surface area contributed by atoms with Crippen LogP contribution < -0.4 is 10.2 Å². The summed E-state index contributed by atoms with van der Waals surface area (Å²) in [5.41, 5.74) is 3.60. The predicted octanol–water partition coefficient (Wildman–Crippen LogP) is 4.74. The minimum absolute atomic E-state index is 0.0545. The Kier molecular flexibility index (Phi) is 6.50. The highest BCUT2D eigenvalue weighted by Crippen LogP contribution is 2.21. The van der Waals surface area contributed by atoms with Crippen molar-refractivity contribution in [2.24, 2.45) is 0 Å². The smallest absolute Gasteiger partial charge is 0.255 e. The normalized spacial score (nSPS) is 14.1. The van der Waals surface area contributed by atoms with E-state index in [9.17, 15) is 14.0 Å². The van der Waals surface area contributed by atoms with Gasteiger partial charge in [0.25, 0.3) is 11.8 Å². The van der Waals surface area contributed by atoms with Crippen molar-refractivity contribution >= 4 is 23.2 Å². The summed E-state index contributed by atoms with van der Waals surface area (Å²) in [5.74, 6) is -0.515. The van der Waals surface area contributed by atoms with Gasteiger partial charge in [-0.15, -0.1) is 0 Å². The van der Waals surface area contributed by atoms with Crippen molar-refractivity contribution in [1.82, 2.24) is 4.90 Å². The molecule has 32 heavy (non-hydrogen) atoms. The van der Waals surface area contributed by atoms with Gasteiger partial charge in [-0.05, 0) is 67.4 Å². The molecular formula is C26H26FN3O2. The zero-order valence-electron chi connectivity index (χ0n) is 18.1. The Morgan fingerprint density at radius 3 is 2.34 bits per heavy atom. The van der Waals surface area contributed by atoms with Crippen LogP contribution in [-0.4, -0.2) is 42.9 Å². The standard InChI is InChI=1S/C26H26FN3O2/c1-19-8-9-21(18-24(19)28-25(31)20-6-3-2-4-7-20)26(32)30-15-5-14-29(16-17-30)23-12-10-22(27)11-13-23/h2-4,6-13,18H,5,14-17H2,1H3,(H,28,31). The summed E-state index contributed by atoms with van der Waals surface area (Å²) < 4.78 is 13.2. The SMILES string of the molecule is Cc1ccc(C(=O)N2CCCN(c3ccc(F)cc3)CC2)cc1NC(=O)c1ccccc1. The number of benzene rings is 3. The molecule has 1 N–H and O–H groups in total. The molecular weight excluding hydrogens is 405 g/mol. The molecule has 1 aliphatic heterocycles. The van der Waals surface area contributed by atoms with Crippen LogP contribution in [0.25, 0.3) is 0 Å². The monoisotopic (exact) mass is 431 g/mol. The Hall–Kier alpha value is -3.67. The summed E-state index contributed by atoms with van der Waals surface area (Å²) in [6, 6.07) is 20.9. The van der Waals surface area contributed by atoms with Gasteiger partial charge in [0.05, 0.1) is 0 Å². The lowest BCUT2D eigenvalue weighted by Crippen LogP contribution is -2.35. The number of anilines is 2. The number of nitrogens with zero attached hydrogens (tertiary/aromatic N) is 2. The zero-order valence-corrected chi connectivity index (χ0v) is 18.1. The molecule has 0 bridgehead atoms. The third kappa shape index (κ3) is 4.97. The van der Waals surface area contributed by atoms with Crippen molar-refractivity contribution in [2.75, 3.05) is 36.4 Å². The Balaban J connectivity index is 1.45. The lowest BCUT2D eigenvalue weighted by molar-refractivity contribution is 0.0766. The molecule has 0 saturated carbocycles. The molecule has 0 atom stereocenters. The van der Waals surface area contributed by atoms with Gasteiger partial charge in [-0.3, -0.25) is 9.59 Å². The van der Waals surface area contributed by atoms with Crippen molar-refractivity contribution in [3.63, 3.8) is 0 Å². The zero-order chi connectivity index (χ0) is 22.5. The Morgan fingerprint density at radius 2 is 1.59 bits per heavy atom. The second-order valence-electron chi connectivity index (χ2n) is 7.96.